The lowest BCUT2D eigenvalue weighted by atomic mass is 9.87. The normalized spacial score (nSPS) is 11.6. The van der Waals surface area contributed by atoms with E-state index in [9.17, 15) is 42.1 Å². The molecule has 8 heteroatoms. The molecule has 0 N–H and O–H groups in total. The van der Waals surface area contributed by atoms with Gasteiger partial charge in [0, 0.05) is 22.3 Å². The van der Waals surface area contributed by atoms with E-state index in [1.54, 1.807) is 60.7 Å². The summed E-state index contributed by atoms with van der Waals surface area (Å²) >= 11 is 0. The zero-order valence-electron chi connectivity index (χ0n) is 23.5. The van der Waals surface area contributed by atoms with Crippen LogP contribution in [-0.4, -0.2) is 0 Å². The Labute approximate surface area is 263 Å². The Balaban J connectivity index is 1.68. The third-order valence-electron chi connectivity index (χ3n) is 8.00. The van der Waals surface area contributed by atoms with Crippen LogP contribution in [-0.2, 0) is 0 Å². The quantitative estimate of drug-likeness (QED) is 0.225. The van der Waals surface area contributed by atoms with Crippen molar-refractivity contribution in [2.24, 2.45) is 0 Å². The Morgan fingerprint density at radius 3 is 1.00 bits per heavy atom. The number of hydrogen-bond acceptors (Lipinski definition) is 8. The summed E-state index contributed by atoms with van der Waals surface area (Å²) in [7, 11) is 0. The molecule has 0 aliphatic heterocycles. The second-order valence-electron chi connectivity index (χ2n) is 10.2. The van der Waals surface area contributed by atoms with Crippen LogP contribution in [0.1, 0.15) is 44.5 Å². The first-order valence-electron chi connectivity index (χ1n) is 13.5. The molecular formula is C38H12N8. The van der Waals surface area contributed by atoms with Gasteiger partial charge in [-0.1, -0.05) is 36.4 Å². The molecule has 4 aromatic rings. The Kier molecular flexibility index (Phi) is 6.74. The minimum absolute atomic E-state index is 0.151. The molecular weight excluding hydrogens is 568 g/mol. The second kappa shape index (κ2) is 11.0. The fraction of sp³-hybridized carbons (Fsp3) is 0. The molecule has 0 radical (unpaired) electrons. The van der Waals surface area contributed by atoms with Gasteiger partial charge in [-0.15, -0.1) is 0 Å². The van der Waals surface area contributed by atoms with Crippen LogP contribution in [0, 0.1) is 90.6 Å². The molecule has 0 spiro atoms. The van der Waals surface area contributed by atoms with Gasteiger partial charge in [0.2, 0.25) is 0 Å². The molecule has 204 valence electrons. The second-order valence-corrected chi connectivity index (χ2v) is 10.2. The highest BCUT2D eigenvalue weighted by Gasteiger charge is 2.40. The van der Waals surface area contributed by atoms with Crippen molar-refractivity contribution in [1.82, 2.24) is 0 Å². The maximum atomic E-state index is 10.0. The van der Waals surface area contributed by atoms with Gasteiger partial charge in [0.05, 0.1) is 22.3 Å². The summed E-state index contributed by atoms with van der Waals surface area (Å²) in [6, 6.07) is 36.6. The summed E-state index contributed by atoms with van der Waals surface area (Å²) in [5.74, 6) is 0. The number of fused-ring (bicyclic) bond motifs is 4. The van der Waals surface area contributed by atoms with E-state index in [0.29, 0.717) is 66.8 Å². The predicted molar refractivity (Wildman–Crippen MR) is 166 cm³/mol. The summed E-state index contributed by atoms with van der Waals surface area (Å²) in [6.45, 7) is 0. The highest BCUT2D eigenvalue weighted by atomic mass is 14.4. The van der Waals surface area contributed by atoms with Crippen molar-refractivity contribution < 1.29 is 0 Å². The zero-order chi connectivity index (χ0) is 32.5. The summed E-state index contributed by atoms with van der Waals surface area (Å²) in [6.07, 6.45) is 0. The van der Waals surface area contributed by atoms with Gasteiger partial charge in [-0.25, -0.2) is 0 Å². The van der Waals surface area contributed by atoms with Gasteiger partial charge in [-0.3, -0.25) is 0 Å². The SMILES string of the molecule is N#CC(C#N)=C1C2=C(C(=C(C#N)C#N)c3ccc(-c4ccc(C#N)c(C#N)c4)cc32)c2cc(-c3ccc(C#N)c(C#N)c3)ccc21. The molecule has 0 fully saturated rings. The van der Waals surface area contributed by atoms with Crippen LogP contribution in [0.15, 0.2) is 83.9 Å². The fourth-order valence-corrected chi connectivity index (χ4v) is 5.98. The van der Waals surface area contributed by atoms with E-state index in [1.165, 1.54) is 0 Å². The van der Waals surface area contributed by atoms with Crippen molar-refractivity contribution >= 4 is 22.3 Å². The van der Waals surface area contributed by atoms with Gasteiger partial charge in [0.15, 0.2) is 0 Å². The topological polar surface area (TPSA) is 190 Å². The lowest BCUT2D eigenvalue weighted by Crippen LogP contribution is -1.97. The minimum Gasteiger partial charge on any atom is -0.192 e. The number of nitrogens with zero attached hydrogens (tertiary/aromatic N) is 8. The molecule has 0 saturated carbocycles. The standard InChI is InChI=1S/C38H12N8/c39-13-25-3-1-21(9-27(25)15-41)23-5-7-31-33(11-23)37-36(30(19-45)20-46)32-8-6-24(22-2-4-26(14-40)28(10-22)16-42)12-34(32)38(37)35(31)29(17-43)18-44/h1-12H. The highest BCUT2D eigenvalue weighted by Crippen LogP contribution is 2.59. The van der Waals surface area contributed by atoms with Crippen LogP contribution in [0.4, 0.5) is 0 Å². The molecule has 8 nitrogen and oxygen atoms in total. The first kappa shape index (κ1) is 28.2. The summed E-state index contributed by atoms with van der Waals surface area (Å²) in [5, 5.41) is 78.1. The molecule has 0 atom stereocenters. The smallest absolute Gasteiger partial charge is 0.138 e. The van der Waals surface area contributed by atoms with E-state index in [-0.39, 0.29) is 33.4 Å². The van der Waals surface area contributed by atoms with Crippen molar-refractivity contribution in [3.8, 4) is 70.8 Å². The van der Waals surface area contributed by atoms with Gasteiger partial charge in [-0.05, 0) is 80.9 Å². The Hall–Kier alpha value is -7.98. The lowest BCUT2D eigenvalue weighted by Gasteiger charge is -2.15. The first-order chi connectivity index (χ1) is 22.5. The number of rotatable bonds is 2. The molecule has 2 aliphatic rings. The maximum Gasteiger partial charge on any atom is 0.138 e. The molecule has 0 bridgehead atoms. The number of benzene rings is 4. The first-order valence-corrected chi connectivity index (χ1v) is 13.5. The average molecular weight is 581 g/mol. The van der Waals surface area contributed by atoms with Gasteiger partial charge in [0.25, 0.3) is 0 Å². The van der Waals surface area contributed by atoms with E-state index in [2.05, 4.69) is 0 Å². The van der Waals surface area contributed by atoms with Crippen molar-refractivity contribution in [1.29, 1.82) is 42.1 Å². The van der Waals surface area contributed by atoms with Crippen molar-refractivity contribution in [3.05, 3.63) is 128 Å². The third kappa shape index (κ3) is 4.08. The van der Waals surface area contributed by atoms with Crippen molar-refractivity contribution in [2.75, 3.05) is 0 Å². The molecule has 6 rings (SSSR count). The Morgan fingerprint density at radius 2 is 0.674 bits per heavy atom. The molecule has 0 aromatic heterocycles. The van der Waals surface area contributed by atoms with Crippen LogP contribution in [0.5, 0.6) is 0 Å². The average Bonchev–Trinajstić information content (AvgIpc) is 3.61. The van der Waals surface area contributed by atoms with Crippen LogP contribution < -0.4 is 0 Å². The van der Waals surface area contributed by atoms with Crippen molar-refractivity contribution in [3.63, 3.8) is 0 Å². The Bertz CT molecular complexity index is 2350. The Morgan fingerprint density at radius 1 is 0.348 bits per heavy atom. The summed E-state index contributed by atoms with van der Waals surface area (Å²) in [4.78, 5) is 0. The maximum absolute atomic E-state index is 10.0. The zero-order valence-corrected chi connectivity index (χ0v) is 23.5. The fourth-order valence-electron chi connectivity index (χ4n) is 5.98. The number of nitriles is 8. The lowest BCUT2D eigenvalue weighted by molar-refractivity contribution is 1.42. The predicted octanol–water partition coefficient (Wildman–Crippen LogP) is 7.05. The summed E-state index contributed by atoms with van der Waals surface area (Å²) in [5.41, 5.74) is 7.31. The van der Waals surface area contributed by atoms with Gasteiger partial charge < -0.3 is 0 Å². The van der Waals surface area contributed by atoms with Gasteiger partial charge >= 0.3 is 0 Å². The third-order valence-corrected chi connectivity index (χ3v) is 8.00. The van der Waals surface area contributed by atoms with Gasteiger partial charge in [0.1, 0.15) is 59.7 Å². The van der Waals surface area contributed by atoms with E-state index in [1.807, 2.05) is 60.7 Å². The van der Waals surface area contributed by atoms with Crippen LogP contribution in [0.25, 0.3) is 44.5 Å². The molecule has 0 unspecified atom stereocenters. The van der Waals surface area contributed by atoms with Crippen LogP contribution in [0.2, 0.25) is 0 Å². The number of allylic oxidation sites excluding steroid dienone is 6. The largest absolute Gasteiger partial charge is 0.192 e. The van der Waals surface area contributed by atoms with E-state index in [0.717, 1.165) is 0 Å². The van der Waals surface area contributed by atoms with E-state index >= 15 is 0 Å². The highest BCUT2D eigenvalue weighted by molar-refractivity contribution is 6.38. The molecule has 46 heavy (non-hydrogen) atoms. The minimum atomic E-state index is -0.151. The van der Waals surface area contributed by atoms with Gasteiger partial charge in [-0.2, -0.15) is 42.1 Å². The molecule has 4 aromatic carbocycles. The molecule has 0 heterocycles. The monoisotopic (exact) mass is 580 g/mol. The van der Waals surface area contributed by atoms with Crippen LogP contribution >= 0.6 is 0 Å². The van der Waals surface area contributed by atoms with Crippen LogP contribution in [0.3, 0.4) is 0 Å². The summed E-state index contributed by atoms with van der Waals surface area (Å²) < 4.78 is 0. The molecule has 0 amide bonds. The molecule has 2 aliphatic carbocycles. The van der Waals surface area contributed by atoms with E-state index in [4.69, 9.17) is 0 Å². The van der Waals surface area contributed by atoms with E-state index < -0.39 is 0 Å². The van der Waals surface area contributed by atoms with Crippen molar-refractivity contribution in [2.45, 2.75) is 0 Å². The number of hydrogen-bond donors (Lipinski definition) is 0. The molecule has 0 saturated heterocycles.